The topological polar surface area (TPSA) is 100 Å². The van der Waals surface area contributed by atoms with E-state index < -0.39 is 15.9 Å². The highest BCUT2D eigenvalue weighted by Gasteiger charge is 2.14. The summed E-state index contributed by atoms with van der Waals surface area (Å²) in [6, 6.07) is 15.6. The van der Waals surface area contributed by atoms with Gasteiger partial charge in [-0.15, -0.1) is 24.0 Å². The number of sulfone groups is 1. The average molecular weight is 561 g/mol. The second-order valence-corrected chi connectivity index (χ2v) is 9.14. The maximum absolute atomic E-state index is 12.4. The summed E-state index contributed by atoms with van der Waals surface area (Å²) in [5.74, 6) is 1.15. The number of aliphatic imine (C=N–C) groups is 1. The fourth-order valence-electron chi connectivity index (χ4n) is 2.72. The Morgan fingerprint density at radius 3 is 2.29 bits per heavy atom. The van der Waals surface area contributed by atoms with Crippen LogP contribution in [-0.4, -0.2) is 51.0 Å². The molecule has 0 radical (unpaired) electrons. The fourth-order valence-corrected chi connectivity index (χ4v) is 3.89. The molecule has 0 aliphatic carbocycles. The molecule has 0 aromatic heterocycles. The highest BCUT2D eigenvalue weighted by atomic mass is 127. The molecule has 0 aliphatic heterocycles. The Labute approximate surface area is 202 Å². The van der Waals surface area contributed by atoms with Crippen molar-refractivity contribution in [3.63, 3.8) is 0 Å². The van der Waals surface area contributed by atoms with Crippen molar-refractivity contribution in [2.45, 2.75) is 37.9 Å². The first-order chi connectivity index (χ1) is 14.3. The molecule has 7 nitrogen and oxygen atoms in total. The predicted molar refractivity (Wildman–Crippen MR) is 135 cm³/mol. The fraction of sp³-hybridized carbons (Fsp3) is 0.409. The van der Waals surface area contributed by atoms with Crippen molar-refractivity contribution in [2.24, 2.45) is 4.99 Å². The number of rotatable bonds is 10. The van der Waals surface area contributed by atoms with E-state index >= 15 is 0 Å². The third kappa shape index (κ3) is 9.44. The van der Waals surface area contributed by atoms with E-state index in [1.165, 1.54) is 0 Å². The standard InChI is InChI=1S/C22H31N3O4S.HI/c1-4-23-22(24-14-15-30(27,28)20-8-6-5-7-9-20)25-16-21(26)18-10-12-19(13-11-18)29-17(2)3;/h5-13,17,21,26H,4,14-16H2,1-3H3,(H2,23,24,25);1H. The zero-order valence-corrected chi connectivity index (χ0v) is 21.3. The minimum Gasteiger partial charge on any atom is -0.491 e. The number of hydrogen-bond donors (Lipinski definition) is 3. The molecule has 0 spiro atoms. The van der Waals surface area contributed by atoms with E-state index in [2.05, 4.69) is 15.6 Å². The second-order valence-electron chi connectivity index (χ2n) is 7.03. The van der Waals surface area contributed by atoms with Gasteiger partial charge in [-0.25, -0.2) is 8.42 Å². The summed E-state index contributed by atoms with van der Waals surface area (Å²) in [6.07, 6.45) is -0.688. The molecule has 31 heavy (non-hydrogen) atoms. The first-order valence-electron chi connectivity index (χ1n) is 10.1. The van der Waals surface area contributed by atoms with Crippen LogP contribution in [0.4, 0.5) is 0 Å². The van der Waals surface area contributed by atoms with Gasteiger partial charge in [0, 0.05) is 13.1 Å². The molecule has 0 saturated carbocycles. The molecule has 2 rings (SSSR count). The summed E-state index contributed by atoms with van der Waals surface area (Å²) < 4.78 is 30.3. The van der Waals surface area contributed by atoms with E-state index in [4.69, 9.17) is 4.74 Å². The molecule has 0 saturated heterocycles. The molecule has 1 unspecified atom stereocenters. The van der Waals surface area contributed by atoms with E-state index in [-0.39, 0.29) is 48.9 Å². The van der Waals surface area contributed by atoms with Gasteiger partial charge >= 0.3 is 0 Å². The molecule has 0 aliphatic rings. The van der Waals surface area contributed by atoms with Gasteiger partial charge in [0.1, 0.15) is 5.75 Å². The highest BCUT2D eigenvalue weighted by molar-refractivity contribution is 14.0. The van der Waals surface area contributed by atoms with Crippen LogP contribution in [0.15, 0.2) is 64.5 Å². The number of aliphatic hydroxyl groups is 1. The Hall–Kier alpha value is -1.85. The van der Waals surface area contributed by atoms with Crippen molar-refractivity contribution >= 4 is 39.8 Å². The van der Waals surface area contributed by atoms with Crippen LogP contribution in [0, 0.1) is 0 Å². The summed E-state index contributed by atoms with van der Waals surface area (Å²) in [6.45, 7) is 6.80. The lowest BCUT2D eigenvalue weighted by Gasteiger charge is -2.14. The summed E-state index contributed by atoms with van der Waals surface area (Å²) >= 11 is 0. The van der Waals surface area contributed by atoms with Crippen LogP contribution in [0.2, 0.25) is 0 Å². The van der Waals surface area contributed by atoms with Gasteiger partial charge in [0.25, 0.3) is 0 Å². The van der Waals surface area contributed by atoms with Gasteiger partial charge in [0.05, 0.1) is 29.4 Å². The van der Waals surface area contributed by atoms with Crippen molar-refractivity contribution < 1.29 is 18.3 Å². The molecular weight excluding hydrogens is 529 g/mol. The Kier molecular flexibility index (Phi) is 11.9. The maximum Gasteiger partial charge on any atom is 0.191 e. The van der Waals surface area contributed by atoms with E-state index in [1.807, 2.05) is 45.0 Å². The number of halogens is 1. The summed E-state index contributed by atoms with van der Waals surface area (Å²) in [5.41, 5.74) is 0.734. The van der Waals surface area contributed by atoms with Crippen molar-refractivity contribution in [3.8, 4) is 5.75 Å². The van der Waals surface area contributed by atoms with Gasteiger partial charge in [-0.2, -0.15) is 0 Å². The molecule has 0 amide bonds. The van der Waals surface area contributed by atoms with Gasteiger partial charge in [-0.05, 0) is 50.6 Å². The van der Waals surface area contributed by atoms with Gasteiger partial charge in [0.15, 0.2) is 15.8 Å². The molecular formula is C22H32IN3O4S. The van der Waals surface area contributed by atoms with E-state index in [9.17, 15) is 13.5 Å². The van der Waals surface area contributed by atoms with Crippen LogP contribution >= 0.6 is 24.0 Å². The van der Waals surface area contributed by atoms with Crippen LogP contribution in [-0.2, 0) is 9.84 Å². The normalized spacial score (nSPS) is 12.7. The first-order valence-corrected chi connectivity index (χ1v) is 11.7. The Bertz CT molecular complexity index is 904. The zero-order valence-electron chi connectivity index (χ0n) is 18.1. The number of benzene rings is 2. The highest BCUT2D eigenvalue weighted by Crippen LogP contribution is 2.19. The maximum atomic E-state index is 12.4. The monoisotopic (exact) mass is 561 g/mol. The Morgan fingerprint density at radius 2 is 1.71 bits per heavy atom. The van der Waals surface area contributed by atoms with Crippen molar-refractivity contribution in [3.05, 3.63) is 60.2 Å². The van der Waals surface area contributed by atoms with Crippen LogP contribution < -0.4 is 15.4 Å². The quantitative estimate of drug-likeness (QED) is 0.234. The van der Waals surface area contributed by atoms with Crippen molar-refractivity contribution in [2.75, 3.05) is 25.4 Å². The number of aliphatic hydroxyl groups excluding tert-OH is 1. The molecule has 2 aromatic carbocycles. The first kappa shape index (κ1) is 27.2. The molecule has 0 fully saturated rings. The predicted octanol–water partition coefficient (Wildman–Crippen LogP) is 3.15. The lowest BCUT2D eigenvalue weighted by molar-refractivity contribution is 0.186. The van der Waals surface area contributed by atoms with E-state index in [0.717, 1.165) is 11.3 Å². The minimum absolute atomic E-state index is 0. The number of hydrogen-bond acceptors (Lipinski definition) is 5. The summed E-state index contributed by atoms with van der Waals surface area (Å²) in [4.78, 5) is 4.67. The molecule has 9 heteroatoms. The van der Waals surface area contributed by atoms with Gasteiger partial charge in [-0.1, -0.05) is 30.3 Å². The smallest absolute Gasteiger partial charge is 0.191 e. The van der Waals surface area contributed by atoms with Crippen molar-refractivity contribution in [1.29, 1.82) is 0 Å². The molecule has 172 valence electrons. The molecule has 1 atom stereocenters. The molecule has 2 aromatic rings. The number of nitrogens with zero attached hydrogens (tertiary/aromatic N) is 1. The van der Waals surface area contributed by atoms with Crippen LogP contribution in [0.3, 0.4) is 0 Å². The second kappa shape index (κ2) is 13.5. The van der Waals surface area contributed by atoms with Crippen LogP contribution in [0.5, 0.6) is 5.75 Å². The third-order valence-corrected chi connectivity index (χ3v) is 5.90. The summed E-state index contributed by atoms with van der Waals surface area (Å²) in [7, 11) is -3.36. The summed E-state index contributed by atoms with van der Waals surface area (Å²) in [5, 5.41) is 16.5. The van der Waals surface area contributed by atoms with E-state index in [1.54, 1.807) is 30.3 Å². The van der Waals surface area contributed by atoms with Crippen LogP contribution in [0.25, 0.3) is 0 Å². The zero-order chi connectivity index (χ0) is 22.0. The lowest BCUT2D eigenvalue weighted by Crippen LogP contribution is -2.39. The SMILES string of the molecule is CCNC(=NCC(O)c1ccc(OC(C)C)cc1)NCCS(=O)(=O)c1ccccc1.I. The molecule has 3 N–H and O–H groups in total. The Balaban J connectivity index is 0.00000480. The number of ether oxygens (including phenoxy) is 1. The van der Waals surface area contributed by atoms with Gasteiger partial charge in [0.2, 0.25) is 0 Å². The third-order valence-electron chi connectivity index (χ3n) is 4.17. The van der Waals surface area contributed by atoms with Gasteiger partial charge < -0.3 is 20.5 Å². The largest absolute Gasteiger partial charge is 0.491 e. The molecule has 0 heterocycles. The lowest BCUT2D eigenvalue weighted by atomic mass is 10.1. The number of nitrogens with one attached hydrogen (secondary N) is 2. The van der Waals surface area contributed by atoms with E-state index in [0.29, 0.717) is 17.4 Å². The number of guanidine groups is 1. The van der Waals surface area contributed by atoms with Gasteiger partial charge in [-0.3, -0.25) is 4.99 Å². The average Bonchev–Trinajstić information content (AvgIpc) is 2.72. The van der Waals surface area contributed by atoms with Crippen LogP contribution in [0.1, 0.15) is 32.4 Å². The minimum atomic E-state index is -3.36. The Morgan fingerprint density at radius 1 is 1.06 bits per heavy atom. The van der Waals surface area contributed by atoms with Crippen molar-refractivity contribution in [1.82, 2.24) is 10.6 Å². The molecule has 0 bridgehead atoms.